The molecule has 1 aromatic rings. The van der Waals surface area contributed by atoms with E-state index in [2.05, 4.69) is 6.92 Å². The summed E-state index contributed by atoms with van der Waals surface area (Å²) in [7, 11) is 0. The zero-order valence-electron chi connectivity index (χ0n) is 11.8. The Hall–Kier alpha value is -1.22. The van der Waals surface area contributed by atoms with Gasteiger partial charge in [0, 0.05) is 0 Å². The maximum absolute atomic E-state index is 10.1. The quantitative estimate of drug-likeness (QED) is 0.885. The zero-order valence-corrected chi connectivity index (χ0v) is 11.8. The largest absolute Gasteiger partial charge is 0.490 e. The second-order valence-electron chi connectivity index (χ2n) is 5.19. The fourth-order valence-electron chi connectivity index (χ4n) is 2.68. The van der Waals surface area contributed by atoms with Gasteiger partial charge >= 0.3 is 0 Å². The highest BCUT2D eigenvalue weighted by molar-refractivity contribution is 5.39. The van der Waals surface area contributed by atoms with Crippen LogP contribution in [0.1, 0.15) is 39.5 Å². The predicted octanol–water partition coefficient (Wildman–Crippen LogP) is 3.40. The van der Waals surface area contributed by atoms with Crippen LogP contribution < -0.4 is 9.47 Å². The van der Waals surface area contributed by atoms with Crippen molar-refractivity contribution in [2.45, 2.75) is 51.7 Å². The van der Waals surface area contributed by atoms with Crippen LogP contribution in [0.5, 0.6) is 11.5 Å². The number of aliphatic hydroxyl groups excluding tert-OH is 1. The molecule has 0 aromatic heterocycles. The topological polar surface area (TPSA) is 38.7 Å². The molecule has 2 rings (SSSR count). The van der Waals surface area contributed by atoms with E-state index in [0.29, 0.717) is 12.5 Å². The van der Waals surface area contributed by atoms with Crippen molar-refractivity contribution < 1.29 is 14.6 Å². The Labute approximate surface area is 115 Å². The molecule has 1 aliphatic carbocycles. The van der Waals surface area contributed by atoms with Crippen molar-refractivity contribution in [2.75, 3.05) is 6.61 Å². The Morgan fingerprint density at radius 2 is 1.89 bits per heavy atom. The van der Waals surface area contributed by atoms with E-state index in [9.17, 15) is 5.11 Å². The van der Waals surface area contributed by atoms with Crippen LogP contribution in [-0.2, 0) is 0 Å². The van der Waals surface area contributed by atoms with Gasteiger partial charge in [0.05, 0.1) is 12.7 Å². The van der Waals surface area contributed by atoms with Crippen molar-refractivity contribution in [1.29, 1.82) is 0 Å². The average molecular weight is 264 g/mol. The lowest BCUT2D eigenvalue weighted by Crippen LogP contribution is -2.38. The lowest BCUT2D eigenvalue weighted by atomic mass is 9.84. The Bertz CT molecular complexity index is 391. The maximum atomic E-state index is 10.1. The van der Waals surface area contributed by atoms with Crippen LogP contribution in [0.2, 0.25) is 0 Å². The van der Waals surface area contributed by atoms with E-state index < -0.39 is 0 Å². The third kappa shape index (κ3) is 3.63. The summed E-state index contributed by atoms with van der Waals surface area (Å²) in [5.74, 6) is 2.16. The monoisotopic (exact) mass is 264 g/mol. The average Bonchev–Trinajstić information content (AvgIpc) is 2.43. The van der Waals surface area contributed by atoms with Gasteiger partial charge in [-0.25, -0.2) is 0 Å². The molecular weight excluding hydrogens is 240 g/mol. The van der Waals surface area contributed by atoms with Gasteiger partial charge in [-0.1, -0.05) is 25.5 Å². The number of aliphatic hydroxyl groups is 1. The van der Waals surface area contributed by atoms with Crippen LogP contribution >= 0.6 is 0 Å². The Morgan fingerprint density at radius 3 is 2.58 bits per heavy atom. The first-order valence-corrected chi connectivity index (χ1v) is 7.31. The first-order chi connectivity index (χ1) is 9.24. The highest BCUT2D eigenvalue weighted by Crippen LogP contribution is 2.33. The second-order valence-corrected chi connectivity index (χ2v) is 5.19. The van der Waals surface area contributed by atoms with E-state index in [4.69, 9.17) is 9.47 Å². The van der Waals surface area contributed by atoms with Crippen LogP contribution in [0.15, 0.2) is 24.3 Å². The van der Waals surface area contributed by atoms with Crippen molar-refractivity contribution in [3.8, 4) is 11.5 Å². The minimum absolute atomic E-state index is 0.111. The molecule has 0 amide bonds. The molecule has 106 valence electrons. The molecular formula is C16H24O3. The van der Waals surface area contributed by atoms with Crippen molar-refractivity contribution in [3.05, 3.63) is 24.3 Å². The van der Waals surface area contributed by atoms with Gasteiger partial charge < -0.3 is 14.6 Å². The third-order valence-electron chi connectivity index (χ3n) is 3.87. The molecule has 1 aromatic carbocycles. The van der Waals surface area contributed by atoms with Gasteiger partial charge in [-0.2, -0.15) is 0 Å². The summed E-state index contributed by atoms with van der Waals surface area (Å²) in [5, 5.41) is 10.1. The summed E-state index contributed by atoms with van der Waals surface area (Å²) in [6.07, 6.45) is 3.54. The molecule has 0 heterocycles. The molecule has 3 atom stereocenters. The lowest BCUT2D eigenvalue weighted by molar-refractivity contribution is -0.0121. The van der Waals surface area contributed by atoms with Crippen molar-refractivity contribution in [2.24, 2.45) is 5.92 Å². The molecule has 3 nitrogen and oxygen atoms in total. The Balaban J connectivity index is 2.06. The molecule has 3 heteroatoms. The van der Waals surface area contributed by atoms with Gasteiger partial charge in [0.1, 0.15) is 6.10 Å². The maximum Gasteiger partial charge on any atom is 0.161 e. The van der Waals surface area contributed by atoms with Crippen LogP contribution in [0.4, 0.5) is 0 Å². The molecule has 0 spiro atoms. The third-order valence-corrected chi connectivity index (χ3v) is 3.87. The molecule has 1 aliphatic rings. The van der Waals surface area contributed by atoms with Crippen molar-refractivity contribution in [1.82, 2.24) is 0 Å². The minimum Gasteiger partial charge on any atom is -0.490 e. The second kappa shape index (κ2) is 6.80. The summed E-state index contributed by atoms with van der Waals surface area (Å²) in [6.45, 7) is 4.78. The van der Waals surface area contributed by atoms with E-state index >= 15 is 0 Å². The first kappa shape index (κ1) is 14.2. The van der Waals surface area contributed by atoms with Gasteiger partial charge in [0.15, 0.2) is 11.5 Å². The number of hydrogen-bond acceptors (Lipinski definition) is 3. The molecule has 3 unspecified atom stereocenters. The smallest absolute Gasteiger partial charge is 0.161 e. The van der Waals surface area contributed by atoms with Gasteiger partial charge in [-0.15, -0.1) is 0 Å². The predicted molar refractivity (Wildman–Crippen MR) is 75.7 cm³/mol. The highest BCUT2D eigenvalue weighted by Gasteiger charge is 2.30. The number of benzene rings is 1. The van der Waals surface area contributed by atoms with E-state index in [1.54, 1.807) is 0 Å². The molecule has 0 radical (unpaired) electrons. The summed E-state index contributed by atoms with van der Waals surface area (Å²) in [6, 6.07) is 7.69. The van der Waals surface area contributed by atoms with Gasteiger partial charge in [0.25, 0.3) is 0 Å². The van der Waals surface area contributed by atoms with Crippen LogP contribution in [0, 0.1) is 5.92 Å². The summed E-state index contributed by atoms with van der Waals surface area (Å²) >= 11 is 0. The number of hydrogen-bond donors (Lipinski definition) is 1. The van der Waals surface area contributed by atoms with E-state index in [1.807, 2.05) is 31.2 Å². The SMILES string of the molecule is CCOc1ccccc1OC1CC(CC)CCC1O. The molecule has 1 saturated carbocycles. The molecule has 1 N–H and O–H groups in total. The highest BCUT2D eigenvalue weighted by atomic mass is 16.5. The van der Waals surface area contributed by atoms with Gasteiger partial charge in [-0.3, -0.25) is 0 Å². The van der Waals surface area contributed by atoms with E-state index in [0.717, 1.165) is 37.2 Å². The fourth-order valence-corrected chi connectivity index (χ4v) is 2.68. The molecule has 0 bridgehead atoms. The molecule has 19 heavy (non-hydrogen) atoms. The van der Waals surface area contributed by atoms with Crippen molar-refractivity contribution in [3.63, 3.8) is 0 Å². The normalized spacial score (nSPS) is 27.0. The lowest BCUT2D eigenvalue weighted by Gasteiger charge is -2.33. The molecule has 0 saturated heterocycles. The standard InChI is InChI=1S/C16H24O3/c1-3-12-9-10-13(17)16(11-12)19-15-8-6-5-7-14(15)18-4-2/h5-8,12-13,16-17H,3-4,9-11H2,1-2H3. The fraction of sp³-hybridized carbons (Fsp3) is 0.625. The van der Waals surface area contributed by atoms with Crippen molar-refractivity contribution >= 4 is 0 Å². The van der Waals surface area contributed by atoms with Crippen LogP contribution in [0.25, 0.3) is 0 Å². The number of rotatable bonds is 5. The summed E-state index contributed by atoms with van der Waals surface area (Å²) in [4.78, 5) is 0. The first-order valence-electron chi connectivity index (χ1n) is 7.31. The van der Waals surface area contributed by atoms with Crippen LogP contribution in [0.3, 0.4) is 0 Å². The number of para-hydroxylation sites is 2. The van der Waals surface area contributed by atoms with E-state index in [-0.39, 0.29) is 12.2 Å². The van der Waals surface area contributed by atoms with E-state index in [1.165, 1.54) is 0 Å². The molecule has 1 fully saturated rings. The number of ether oxygens (including phenoxy) is 2. The zero-order chi connectivity index (χ0) is 13.7. The Kier molecular flexibility index (Phi) is 5.08. The van der Waals surface area contributed by atoms with Gasteiger partial charge in [0.2, 0.25) is 0 Å². The van der Waals surface area contributed by atoms with Gasteiger partial charge in [-0.05, 0) is 44.2 Å². The summed E-state index contributed by atoms with van der Waals surface area (Å²) < 4.78 is 11.6. The Morgan fingerprint density at radius 1 is 1.16 bits per heavy atom. The summed E-state index contributed by atoms with van der Waals surface area (Å²) in [5.41, 5.74) is 0. The minimum atomic E-state index is -0.363. The van der Waals surface area contributed by atoms with Crippen LogP contribution in [-0.4, -0.2) is 23.9 Å². The molecule has 0 aliphatic heterocycles.